The lowest BCUT2D eigenvalue weighted by Crippen LogP contribution is -2.33. The van der Waals surface area contributed by atoms with Crippen LogP contribution in [0, 0.1) is 0 Å². The highest BCUT2D eigenvalue weighted by atomic mass is 32.2. The minimum atomic E-state index is -0.205. The van der Waals surface area contributed by atoms with Crippen molar-refractivity contribution in [3.05, 3.63) is 58.9 Å². The molecule has 0 spiro atoms. The average molecular weight is 466 g/mol. The number of H-pyrrole nitrogens is 1. The number of rotatable bonds is 8. The number of nitrogens with one attached hydrogen (secondary N) is 2. The molecule has 6 nitrogen and oxygen atoms in total. The molecule has 1 fully saturated rings. The molecule has 2 unspecified atom stereocenters. The summed E-state index contributed by atoms with van der Waals surface area (Å²) < 4.78 is 10.9. The number of thioether (sulfide) groups is 1. The van der Waals surface area contributed by atoms with Crippen LogP contribution in [0.3, 0.4) is 0 Å². The lowest BCUT2D eigenvalue weighted by molar-refractivity contribution is -0.140. The lowest BCUT2D eigenvalue weighted by atomic mass is 9.93. The smallest absolute Gasteiger partial charge is 0.307 e. The molecule has 33 heavy (non-hydrogen) atoms. The minimum Gasteiger partial charge on any atom is -0.489 e. The highest BCUT2D eigenvalue weighted by Crippen LogP contribution is 2.36. The van der Waals surface area contributed by atoms with Gasteiger partial charge >= 0.3 is 5.97 Å². The molecule has 0 saturated heterocycles. The fourth-order valence-electron chi connectivity index (χ4n) is 4.91. The van der Waals surface area contributed by atoms with Gasteiger partial charge in [0.05, 0.1) is 31.3 Å². The van der Waals surface area contributed by atoms with Gasteiger partial charge in [0.15, 0.2) is 0 Å². The van der Waals surface area contributed by atoms with Gasteiger partial charge in [0, 0.05) is 17.5 Å². The Hall–Kier alpha value is -2.51. The van der Waals surface area contributed by atoms with E-state index in [1.807, 2.05) is 30.3 Å². The summed E-state index contributed by atoms with van der Waals surface area (Å²) in [6.07, 6.45) is 8.63. The number of ether oxygens (including phenoxy) is 2. The Labute approximate surface area is 199 Å². The predicted molar refractivity (Wildman–Crippen MR) is 133 cm³/mol. The Balaban J connectivity index is 1.36. The molecule has 2 N–H and O–H groups in total. The maximum Gasteiger partial charge on any atom is 0.307 e. The average Bonchev–Trinajstić information content (AvgIpc) is 3.59. The van der Waals surface area contributed by atoms with Crippen molar-refractivity contribution in [2.24, 2.45) is 4.99 Å². The number of hydrogen-bond donors (Lipinski definition) is 2. The number of carbonyl (C=O) groups is 1. The van der Waals surface area contributed by atoms with Crippen LogP contribution in [0.1, 0.15) is 61.5 Å². The number of hydrogen-bond acceptors (Lipinski definition) is 6. The Morgan fingerprint density at radius 3 is 2.85 bits per heavy atom. The number of para-hydroxylation sites is 1. The second-order valence-corrected chi connectivity index (χ2v) is 10.0. The van der Waals surface area contributed by atoms with Crippen LogP contribution in [0.15, 0.2) is 47.0 Å². The molecule has 1 aromatic carbocycles. The molecule has 1 saturated carbocycles. The fourth-order valence-corrected chi connectivity index (χ4v) is 5.94. The minimum absolute atomic E-state index is 0.0180. The summed E-state index contributed by atoms with van der Waals surface area (Å²) in [7, 11) is 1.43. The second kappa shape index (κ2) is 10.2. The van der Waals surface area contributed by atoms with Gasteiger partial charge in [-0.25, -0.2) is 0 Å². The van der Waals surface area contributed by atoms with E-state index in [9.17, 15) is 4.79 Å². The summed E-state index contributed by atoms with van der Waals surface area (Å²) in [6, 6.07) is 13.0. The van der Waals surface area contributed by atoms with E-state index in [-0.39, 0.29) is 18.1 Å². The molecule has 1 aliphatic heterocycles. The summed E-state index contributed by atoms with van der Waals surface area (Å²) in [6.45, 7) is 0.587. The van der Waals surface area contributed by atoms with Crippen molar-refractivity contribution in [3.8, 4) is 5.75 Å². The highest BCUT2D eigenvalue weighted by Gasteiger charge is 2.29. The number of fused-ring (bicyclic) bond motifs is 1. The fraction of sp³-hybridized carbons (Fsp3) is 0.462. The normalized spacial score (nSPS) is 22.6. The van der Waals surface area contributed by atoms with Crippen LogP contribution in [0.25, 0.3) is 6.08 Å². The second-order valence-electron chi connectivity index (χ2n) is 9.04. The van der Waals surface area contributed by atoms with Crippen molar-refractivity contribution in [3.63, 3.8) is 0 Å². The number of carbonyl (C=O) groups excluding carboxylic acids is 1. The van der Waals surface area contributed by atoms with Gasteiger partial charge in [0.25, 0.3) is 0 Å². The van der Waals surface area contributed by atoms with Crippen LogP contribution in [0.2, 0.25) is 0 Å². The van der Waals surface area contributed by atoms with Gasteiger partial charge in [-0.3, -0.25) is 9.79 Å². The molecule has 2 aliphatic carbocycles. The quantitative estimate of drug-likeness (QED) is 0.544. The third-order valence-corrected chi connectivity index (χ3v) is 7.74. The van der Waals surface area contributed by atoms with Gasteiger partial charge < -0.3 is 19.8 Å². The molecule has 5 rings (SSSR count). The molecule has 174 valence electrons. The summed E-state index contributed by atoms with van der Waals surface area (Å²) >= 11 is 1.71. The first-order valence-electron chi connectivity index (χ1n) is 11.8. The summed E-state index contributed by atoms with van der Waals surface area (Å²) in [4.78, 5) is 20.1. The Kier molecular flexibility index (Phi) is 6.88. The third-order valence-electron chi connectivity index (χ3n) is 6.59. The van der Waals surface area contributed by atoms with Crippen molar-refractivity contribution >= 4 is 28.9 Å². The van der Waals surface area contributed by atoms with Crippen LogP contribution in [-0.2, 0) is 9.53 Å². The van der Waals surface area contributed by atoms with Crippen LogP contribution in [-0.4, -0.2) is 47.6 Å². The number of benzene rings is 1. The number of aliphatic imine (C=N–C) groups is 1. The molecule has 2 atom stereocenters. The maximum absolute atomic E-state index is 11.6. The molecule has 3 aliphatic rings. The van der Waals surface area contributed by atoms with Gasteiger partial charge in [-0.1, -0.05) is 37.1 Å². The van der Waals surface area contributed by atoms with E-state index in [0.29, 0.717) is 19.1 Å². The molecule has 2 aromatic rings. The van der Waals surface area contributed by atoms with Crippen molar-refractivity contribution in [2.75, 3.05) is 19.5 Å². The number of aromatic amines is 1. The molecular formula is C26H31N3O3S. The van der Waals surface area contributed by atoms with E-state index in [4.69, 9.17) is 14.5 Å². The van der Waals surface area contributed by atoms with Crippen molar-refractivity contribution in [1.82, 2.24) is 10.3 Å². The number of esters is 1. The monoisotopic (exact) mass is 465 g/mol. The van der Waals surface area contributed by atoms with E-state index in [1.165, 1.54) is 49.6 Å². The third kappa shape index (κ3) is 5.36. The van der Waals surface area contributed by atoms with Crippen molar-refractivity contribution in [2.45, 2.75) is 56.7 Å². The largest absolute Gasteiger partial charge is 0.489 e. The molecule has 0 amide bonds. The van der Waals surface area contributed by atoms with Gasteiger partial charge in [-0.2, -0.15) is 0 Å². The highest BCUT2D eigenvalue weighted by molar-refractivity contribution is 8.14. The van der Waals surface area contributed by atoms with Crippen molar-refractivity contribution in [1.29, 1.82) is 0 Å². The Bertz CT molecular complexity index is 1040. The molecule has 0 bridgehead atoms. The first-order valence-corrected chi connectivity index (χ1v) is 12.8. The predicted octanol–water partition coefficient (Wildman–Crippen LogP) is 4.88. The van der Waals surface area contributed by atoms with Gasteiger partial charge in [0.2, 0.25) is 0 Å². The summed E-state index contributed by atoms with van der Waals surface area (Å²) in [5.41, 5.74) is 4.77. The lowest BCUT2D eigenvalue weighted by Gasteiger charge is -2.27. The van der Waals surface area contributed by atoms with Crippen LogP contribution in [0.4, 0.5) is 0 Å². The van der Waals surface area contributed by atoms with Gasteiger partial charge in [0.1, 0.15) is 17.4 Å². The van der Waals surface area contributed by atoms with E-state index in [1.54, 1.807) is 11.8 Å². The molecular weight excluding hydrogens is 434 g/mol. The summed E-state index contributed by atoms with van der Waals surface area (Å²) in [5, 5.41) is 4.89. The Morgan fingerprint density at radius 1 is 1.24 bits per heavy atom. The van der Waals surface area contributed by atoms with Crippen LogP contribution in [0.5, 0.6) is 5.75 Å². The SMILES string of the molecule is COC(=O)CC1CSC(c2cc3c([nH]2)C(NC2CCCC2)CC(COc2ccccc2)=C3)=N1. The number of methoxy groups -OCH3 is 1. The van der Waals surface area contributed by atoms with Crippen LogP contribution < -0.4 is 10.1 Å². The van der Waals surface area contributed by atoms with Crippen LogP contribution >= 0.6 is 11.8 Å². The van der Waals surface area contributed by atoms with E-state index >= 15 is 0 Å². The molecule has 1 aromatic heterocycles. The standard InChI is InChI=1S/C26H31N3O3S/c1-31-24(30)14-20-16-33-26(28-20)23-13-18-11-17(15-32-21-9-3-2-4-10-21)12-22(25(18)29-23)27-19-7-5-6-8-19/h2-4,9-11,13,19-20,22,27,29H,5-8,12,14-16H2,1H3. The van der Waals surface area contributed by atoms with E-state index in [0.717, 1.165) is 28.7 Å². The molecule has 2 heterocycles. The van der Waals surface area contributed by atoms with Gasteiger partial charge in [-0.05, 0) is 48.6 Å². The first-order chi connectivity index (χ1) is 16.2. The number of aromatic nitrogens is 1. The maximum atomic E-state index is 11.6. The first kappa shape index (κ1) is 22.3. The van der Waals surface area contributed by atoms with E-state index < -0.39 is 0 Å². The Morgan fingerprint density at radius 2 is 2.06 bits per heavy atom. The number of nitrogens with zero attached hydrogens (tertiary/aromatic N) is 1. The van der Waals surface area contributed by atoms with E-state index in [2.05, 4.69) is 22.4 Å². The zero-order chi connectivity index (χ0) is 22.6. The summed E-state index contributed by atoms with van der Waals surface area (Å²) in [5.74, 6) is 1.50. The zero-order valence-corrected chi connectivity index (χ0v) is 19.8. The topological polar surface area (TPSA) is 75.7 Å². The van der Waals surface area contributed by atoms with Gasteiger partial charge in [-0.15, -0.1) is 11.8 Å². The zero-order valence-electron chi connectivity index (χ0n) is 19.0. The van der Waals surface area contributed by atoms with Crippen molar-refractivity contribution < 1.29 is 14.3 Å². The molecule has 0 radical (unpaired) electrons. The molecule has 7 heteroatoms.